The van der Waals surface area contributed by atoms with Crippen LogP contribution in [0.1, 0.15) is 66.6 Å². The maximum absolute atomic E-state index is 12.9. The number of allylic oxidation sites excluding steroid dienone is 1. The van der Waals surface area contributed by atoms with Crippen molar-refractivity contribution in [3.63, 3.8) is 0 Å². The van der Waals surface area contributed by atoms with E-state index in [-0.39, 0.29) is 11.5 Å². The molecule has 4 rings (SSSR count). The number of benzene rings is 2. The largest absolute Gasteiger partial charge is 0.507 e. The number of rotatable bonds is 4. The monoisotopic (exact) mass is 391 g/mol. The predicted molar refractivity (Wildman–Crippen MR) is 115 cm³/mol. The van der Waals surface area contributed by atoms with Crippen LogP contribution in [0.25, 0.3) is 6.08 Å². The average Bonchev–Trinajstić information content (AvgIpc) is 3.00. The maximum Gasteiger partial charge on any atom is 0.231 e. The predicted octanol–water partition coefficient (Wildman–Crippen LogP) is 5.36. The third kappa shape index (κ3) is 4.08. The molecule has 152 valence electrons. The number of Topliss-reactive ketones (excluding diaryl/α,β-unsaturated/α-hetero) is 1. The van der Waals surface area contributed by atoms with Crippen LogP contribution in [0, 0.1) is 5.92 Å². The van der Waals surface area contributed by atoms with Crippen molar-refractivity contribution in [2.75, 3.05) is 13.1 Å². The maximum atomic E-state index is 12.9. The fourth-order valence-electron chi connectivity index (χ4n) is 4.23. The minimum atomic E-state index is -0.124. The van der Waals surface area contributed by atoms with E-state index in [1.54, 1.807) is 18.2 Å². The number of hydrogen-bond donors (Lipinski definition) is 1. The number of phenolic OH excluding ortho intramolecular Hbond substituents is 1. The number of carbonyl (C=O) groups is 1. The summed E-state index contributed by atoms with van der Waals surface area (Å²) in [6, 6.07) is 11.5. The van der Waals surface area contributed by atoms with Crippen molar-refractivity contribution in [2.45, 2.75) is 46.1 Å². The summed E-state index contributed by atoms with van der Waals surface area (Å²) in [5.41, 5.74) is 3.44. The first-order chi connectivity index (χ1) is 13.9. The first kappa shape index (κ1) is 19.7. The van der Waals surface area contributed by atoms with E-state index >= 15 is 0 Å². The SMILES string of the molecule is CC1CCCN(Cc2c(O)ccc3c2O/C(=C/c2ccc(C(C)C)cc2)C3=O)C1. The molecule has 29 heavy (non-hydrogen) atoms. The summed E-state index contributed by atoms with van der Waals surface area (Å²) in [5, 5.41) is 10.5. The smallest absolute Gasteiger partial charge is 0.231 e. The molecule has 1 fully saturated rings. The number of ketones is 1. The molecule has 1 unspecified atom stereocenters. The minimum Gasteiger partial charge on any atom is -0.507 e. The zero-order chi connectivity index (χ0) is 20.5. The lowest BCUT2D eigenvalue weighted by molar-refractivity contribution is 0.101. The number of likely N-dealkylation sites (tertiary alicyclic amines) is 1. The summed E-state index contributed by atoms with van der Waals surface area (Å²) in [7, 11) is 0. The van der Waals surface area contributed by atoms with Gasteiger partial charge < -0.3 is 9.84 Å². The molecule has 1 atom stereocenters. The van der Waals surface area contributed by atoms with Crippen LogP contribution in [0.4, 0.5) is 0 Å². The van der Waals surface area contributed by atoms with E-state index in [0.29, 0.717) is 41.0 Å². The number of fused-ring (bicyclic) bond motifs is 1. The fourth-order valence-corrected chi connectivity index (χ4v) is 4.23. The van der Waals surface area contributed by atoms with Gasteiger partial charge in [0.2, 0.25) is 5.78 Å². The molecule has 0 saturated carbocycles. The van der Waals surface area contributed by atoms with Crippen molar-refractivity contribution in [3.05, 3.63) is 64.4 Å². The Balaban J connectivity index is 1.60. The first-order valence-electron chi connectivity index (χ1n) is 10.5. The normalized spacial score (nSPS) is 20.9. The first-order valence-corrected chi connectivity index (χ1v) is 10.5. The van der Waals surface area contributed by atoms with Gasteiger partial charge in [-0.1, -0.05) is 45.0 Å². The van der Waals surface area contributed by atoms with E-state index < -0.39 is 0 Å². The summed E-state index contributed by atoms with van der Waals surface area (Å²) >= 11 is 0. The van der Waals surface area contributed by atoms with Gasteiger partial charge in [-0.3, -0.25) is 9.69 Å². The summed E-state index contributed by atoms with van der Waals surface area (Å²) < 4.78 is 6.01. The molecule has 0 bridgehead atoms. The van der Waals surface area contributed by atoms with Crippen molar-refractivity contribution in [1.82, 2.24) is 4.90 Å². The van der Waals surface area contributed by atoms with Gasteiger partial charge in [0.25, 0.3) is 0 Å². The van der Waals surface area contributed by atoms with E-state index in [9.17, 15) is 9.90 Å². The second-order valence-electron chi connectivity index (χ2n) is 8.68. The Morgan fingerprint density at radius 3 is 2.66 bits per heavy atom. The standard InChI is InChI=1S/C25H29NO3/c1-16(2)19-8-6-18(7-9-19)13-23-24(28)20-10-11-22(27)21(25(20)29-23)15-26-12-4-5-17(3)14-26/h6-11,13,16-17,27H,4-5,12,14-15H2,1-3H3/b23-13+. The van der Waals surface area contributed by atoms with Gasteiger partial charge >= 0.3 is 0 Å². The molecule has 2 heterocycles. The number of piperidine rings is 1. The fraction of sp³-hybridized carbons (Fsp3) is 0.400. The van der Waals surface area contributed by atoms with Crippen molar-refractivity contribution < 1.29 is 14.6 Å². The van der Waals surface area contributed by atoms with E-state index in [0.717, 1.165) is 25.1 Å². The van der Waals surface area contributed by atoms with Crippen molar-refractivity contribution in [2.24, 2.45) is 5.92 Å². The Morgan fingerprint density at radius 2 is 1.97 bits per heavy atom. The van der Waals surface area contributed by atoms with Gasteiger partial charge in [-0.25, -0.2) is 0 Å². The quantitative estimate of drug-likeness (QED) is 0.713. The van der Waals surface area contributed by atoms with Crippen LogP contribution in [-0.4, -0.2) is 28.9 Å². The summed E-state index contributed by atoms with van der Waals surface area (Å²) in [6.07, 6.45) is 4.19. The van der Waals surface area contributed by atoms with Crippen molar-refractivity contribution >= 4 is 11.9 Å². The van der Waals surface area contributed by atoms with E-state index in [2.05, 4.69) is 37.8 Å². The van der Waals surface area contributed by atoms with Gasteiger partial charge in [-0.2, -0.15) is 0 Å². The lowest BCUT2D eigenvalue weighted by Crippen LogP contribution is -2.33. The number of ether oxygens (including phenoxy) is 1. The Kier molecular flexibility index (Phi) is 5.46. The van der Waals surface area contributed by atoms with Crippen molar-refractivity contribution in [3.8, 4) is 11.5 Å². The third-order valence-electron chi connectivity index (χ3n) is 5.94. The van der Waals surface area contributed by atoms with Crippen molar-refractivity contribution in [1.29, 1.82) is 0 Å². The van der Waals surface area contributed by atoms with Crippen LogP contribution in [0.5, 0.6) is 11.5 Å². The van der Waals surface area contributed by atoms with E-state index in [1.807, 2.05) is 12.1 Å². The van der Waals surface area contributed by atoms with E-state index in [1.165, 1.54) is 12.0 Å². The second-order valence-corrected chi connectivity index (χ2v) is 8.68. The Hall–Kier alpha value is -2.59. The van der Waals surface area contributed by atoms with Gasteiger partial charge in [0.15, 0.2) is 5.76 Å². The summed E-state index contributed by atoms with van der Waals surface area (Å²) in [4.78, 5) is 15.2. The van der Waals surface area contributed by atoms with E-state index in [4.69, 9.17) is 4.74 Å². The number of nitrogens with zero attached hydrogens (tertiary/aromatic N) is 1. The molecule has 1 N–H and O–H groups in total. The molecular weight excluding hydrogens is 362 g/mol. The number of hydrogen-bond acceptors (Lipinski definition) is 4. The molecule has 1 saturated heterocycles. The molecule has 2 aromatic carbocycles. The number of carbonyl (C=O) groups excluding carboxylic acids is 1. The average molecular weight is 392 g/mol. The van der Waals surface area contributed by atoms with Gasteiger partial charge in [0, 0.05) is 13.1 Å². The van der Waals surface area contributed by atoms with Crippen LogP contribution in [0.2, 0.25) is 0 Å². The highest BCUT2D eigenvalue weighted by molar-refractivity contribution is 6.15. The molecule has 0 aromatic heterocycles. The summed E-state index contributed by atoms with van der Waals surface area (Å²) in [6.45, 7) is 9.18. The molecule has 4 nitrogen and oxygen atoms in total. The number of aromatic hydroxyl groups is 1. The Morgan fingerprint density at radius 1 is 1.21 bits per heavy atom. The molecule has 2 aliphatic heterocycles. The van der Waals surface area contributed by atoms with Gasteiger partial charge in [-0.05, 0) is 60.6 Å². The molecule has 0 spiro atoms. The summed E-state index contributed by atoms with van der Waals surface area (Å²) in [5.74, 6) is 2.01. The zero-order valence-corrected chi connectivity index (χ0v) is 17.4. The number of phenols is 1. The molecule has 0 amide bonds. The molecule has 0 aliphatic carbocycles. The topological polar surface area (TPSA) is 49.8 Å². The highest BCUT2D eigenvalue weighted by Crippen LogP contribution is 2.40. The Bertz CT molecular complexity index is 943. The van der Waals surface area contributed by atoms with Crippen LogP contribution in [0.3, 0.4) is 0 Å². The molecule has 4 heteroatoms. The van der Waals surface area contributed by atoms with Crippen LogP contribution < -0.4 is 4.74 Å². The highest BCUT2D eigenvalue weighted by Gasteiger charge is 2.32. The molecule has 2 aromatic rings. The van der Waals surface area contributed by atoms with Gasteiger partial charge in [-0.15, -0.1) is 0 Å². The second kappa shape index (κ2) is 8.03. The zero-order valence-electron chi connectivity index (χ0n) is 17.4. The lowest BCUT2D eigenvalue weighted by Gasteiger charge is -2.31. The van der Waals surface area contributed by atoms with Crippen LogP contribution >= 0.6 is 0 Å². The van der Waals surface area contributed by atoms with Crippen LogP contribution in [0.15, 0.2) is 42.2 Å². The third-order valence-corrected chi connectivity index (χ3v) is 5.94. The van der Waals surface area contributed by atoms with Gasteiger partial charge in [0.1, 0.15) is 11.5 Å². The molecule has 0 radical (unpaired) electrons. The molecular formula is C25H29NO3. The van der Waals surface area contributed by atoms with Crippen LogP contribution in [-0.2, 0) is 6.54 Å². The highest BCUT2D eigenvalue weighted by atomic mass is 16.5. The Labute approximate surface area is 172 Å². The van der Waals surface area contributed by atoms with Gasteiger partial charge in [0.05, 0.1) is 11.1 Å². The lowest BCUT2D eigenvalue weighted by atomic mass is 9.98. The molecule has 2 aliphatic rings. The minimum absolute atomic E-state index is 0.124.